The van der Waals surface area contributed by atoms with Crippen LogP contribution in [0.25, 0.3) is 11.3 Å². The molecular formula is C27H22ClFN4O3. The van der Waals surface area contributed by atoms with Crippen LogP contribution in [0.15, 0.2) is 72.8 Å². The van der Waals surface area contributed by atoms with Crippen LogP contribution < -0.4 is 10.6 Å². The number of amides is 2. The molecule has 3 N–H and O–H groups in total. The van der Waals surface area contributed by atoms with Crippen molar-refractivity contribution in [1.82, 2.24) is 15.1 Å². The van der Waals surface area contributed by atoms with E-state index in [1.807, 2.05) is 0 Å². The molecule has 0 unspecified atom stereocenters. The van der Waals surface area contributed by atoms with Crippen LogP contribution >= 0.6 is 11.6 Å². The molecule has 9 heteroatoms. The van der Waals surface area contributed by atoms with Gasteiger partial charge in [-0.05, 0) is 67.4 Å². The van der Waals surface area contributed by atoms with Crippen molar-refractivity contribution < 1.29 is 19.1 Å². The minimum absolute atomic E-state index is 0.0161. The van der Waals surface area contributed by atoms with Crippen molar-refractivity contribution >= 4 is 29.2 Å². The van der Waals surface area contributed by atoms with Crippen LogP contribution in [0.5, 0.6) is 5.75 Å². The van der Waals surface area contributed by atoms with Crippen LogP contribution in [0.2, 0.25) is 5.02 Å². The number of rotatable bonds is 6. The van der Waals surface area contributed by atoms with Gasteiger partial charge in [0.25, 0.3) is 5.91 Å². The highest BCUT2D eigenvalue weighted by Gasteiger charge is 2.31. The van der Waals surface area contributed by atoms with Gasteiger partial charge >= 0.3 is 6.03 Å². The summed E-state index contributed by atoms with van der Waals surface area (Å²) < 4.78 is 15.2. The van der Waals surface area contributed by atoms with Crippen molar-refractivity contribution in [3.8, 4) is 17.0 Å². The Labute approximate surface area is 211 Å². The molecule has 0 aliphatic heterocycles. The molecule has 0 spiro atoms. The zero-order chi connectivity index (χ0) is 25.2. The molecule has 4 aromatic rings. The quantitative estimate of drug-likeness (QED) is 0.283. The summed E-state index contributed by atoms with van der Waals surface area (Å²) in [5, 5.41) is 21.0. The first-order chi connectivity index (χ1) is 17.4. The molecule has 0 bridgehead atoms. The van der Waals surface area contributed by atoms with Gasteiger partial charge in [0.1, 0.15) is 11.6 Å². The predicted octanol–water partition coefficient (Wildman–Crippen LogP) is 5.94. The summed E-state index contributed by atoms with van der Waals surface area (Å²) >= 11 is 5.89. The lowest BCUT2D eigenvalue weighted by Crippen LogP contribution is -2.30. The molecule has 1 aromatic heterocycles. The van der Waals surface area contributed by atoms with Gasteiger partial charge in [-0.1, -0.05) is 29.8 Å². The standard InChI is InChI=1S/C27H22ClFN4O3/c28-19-9-7-17(8-10-19)26(35)31-20-11-12-25(34)21(13-20)23-14-24(16-5-6-16)33(32-23)27(36)30-15-18-3-1-2-4-22(18)29/h1-4,7-14,16,34H,5-6,15H2,(H,30,36)(H,31,35). The van der Waals surface area contributed by atoms with Crippen molar-refractivity contribution in [1.29, 1.82) is 0 Å². The molecule has 5 rings (SSSR count). The molecule has 1 aliphatic carbocycles. The van der Waals surface area contributed by atoms with Crippen molar-refractivity contribution in [2.75, 3.05) is 5.32 Å². The number of hydrogen-bond acceptors (Lipinski definition) is 4. The van der Waals surface area contributed by atoms with Gasteiger partial charge in [0, 0.05) is 39.9 Å². The highest BCUT2D eigenvalue weighted by atomic mass is 35.5. The summed E-state index contributed by atoms with van der Waals surface area (Å²) in [5.41, 5.74) is 2.72. The highest BCUT2D eigenvalue weighted by Crippen LogP contribution is 2.42. The Morgan fingerprint density at radius 1 is 1.06 bits per heavy atom. The number of nitrogens with zero attached hydrogens (tertiary/aromatic N) is 2. The Kier molecular flexibility index (Phi) is 6.43. The van der Waals surface area contributed by atoms with Crippen LogP contribution in [0.1, 0.15) is 40.4 Å². The van der Waals surface area contributed by atoms with Gasteiger partial charge in [0.15, 0.2) is 0 Å². The summed E-state index contributed by atoms with van der Waals surface area (Å²) in [6.07, 6.45) is 1.85. The van der Waals surface area contributed by atoms with E-state index in [1.165, 1.54) is 16.8 Å². The number of aromatic hydroxyl groups is 1. The molecule has 0 atom stereocenters. The Morgan fingerprint density at radius 2 is 1.81 bits per heavy atom. The minimum Gasteiger partial charge on any atom is -0.507 e. The Hall–Kier alpha value is -4.17. The molecule has 36 heavy (non-hydrogen) atoms. The van der Waals surface area contributed by atoms with Crippen LogP contribution in [0, 0.1) is 5.82 Å². The number of phenolic OH excluding ortho intramolecular Hbond substituents is 1. The Bertz CT molecular complexity index is 1450. The number of phenols is 1. The number of carbonyl (C=O) groups is 2. The zero-order valence-corrected chi connectivity index (χ0v) is 19.8. The lowest BCUT2D eigenvalue weighted by Gasteiger charge is -2.09. The maximum atomic E-state index is 13.9. The summed E-state index contributed by atoms with van der Waals surface area (Å²) in [6.45, 7) is 0.0161. The lowest BCUT2D eigenvalue weighted by atomic mass is 10.1. The topological polar surface area (TPSA) is 96.2 Å². The van der Waals surface area contributed by atoms with E-state index < -0.39 is 11.8 Å². The van der Waals surface area contributed by atoms with E-state index in [0.717, 1.165) is 12.8 Å². The average Bonchev–Trinajstić information content (AvgIpc) is 3.63. The number of carbonyl (C=O) groups excluding carboxylic acids is 2. The Balaban J connectivity index is 1.39. The van der Waals surface area contributed by atoms with Crippen LogP contribution in [-0.4, -0.2) is 26.8 Å². The van der Waals surface area contributed by atoms with Crippen molar-refractivity contribution in [3.05, 3.63) is 100 Å². The predicted molar refractivity (Wildman–Crippen MR) is 135 cm³/mol. The molecule has 0 radical (unpaired) electrons. The molecule has 7 nitrogen and oxygen atoms in total. The average molecular weight is 505 g/mol. The molecule has 0 saturated heterocycles. The molecule has 1 saturated carbocycles. The first-order valence-electron chi connectivity index (χ1n) is 11.4. The second kappa shape index (κ2) is 9.83. The molecule has 1 aliphatic rings. The van der Waals surface area contributed by atoms with Crippen molar-refractivity contribution in [3.63, 3.8) is 0 Å². The van der Waals surface area contributed by atoms with Gasteiger partial charge in [0.2, 0.25) is 0 Å². The molecule has 182 valence electrons. The number of halogens is 2. The van der Waals surface area contributed by atoms with Crippen LogP contribution in [-0.2, 0) is 6.54 Å². The minimum atomic E-state index is -0.488. The molecule has 3 aromatic carbocycles. The number of nitrogens with one attached hydrogen (secondary N) is 2. The van der Waals surface area contributed by atoms with Gasteiger partial charge in [-0.2, -0.15) is 9.78 Å². The van der Waals surface area contributed by atoms with Gasteiger partial charge in [-0.3, -0.25) is 4.79 Å². The fourth-order valence-electron chi connectivity index (χ4n) is 3.87. The summed E-state index contributed by atoms with van der Waals surface area (Å²) in [6, 6.07) is 18.6. The molecule has 1 heterocycles. The summed E-state index contributed by atoms with van der Waals surface area (Å²) in [4.78, 5) is 25.5. The zero-order valence-electron chi connectivity index (χ0n) is 19.0. The Morgan fingerprint density at radius 3 is 2.53 bits per heavy atom. The van der Waals surface area contributed by atoms with Crippen LogP contribution in [0.3, 0.4) is 0 Å². The van der Waals surface area contributed by atoms with Gasteiger partial charge in [0.05, 0.1) is 11.4 Å². The largest absolute Gasteiger partial charge is 0.507 e. The first-order valence-corrected chi connectivity index (χ1v) is 11.8. The van der Waals surface area contributed by atoms with E-state index >= 15 is 0 Å². The third kappa shape index (κ3) is 5.08. The van der Waals surface area contributed by atoms with Gasteiger partial charge in [-0.25, -0.2) is 9.18 Å². The fourth-order valence-corrected chi connectivity index (χ4v) is 4.00. The SMILES string of the molecule is O=C(Nc1ccc(O)c(-c2cc(C3CC3)n(C(=O)NCc3ccccc3F)n2)c1)c1ccc(Cl)cc1. The van der Waals surface area contributed by atoms with Crippen LogP contribution in [0.4, 0.5) is 14.9 Å². The van der Waals surface area contributed by atoms with E-state index in [2.05, 4.69) is 15.7 Å². The number of benzene rings is 3. The summed E-state index contributed by atoms with van der Waals surface area (Å²) in [5.74, 6) is -0.595. The third-order valence-electron chi connectivity index (χ3n) is 5.95. The van der Waals surface area contributed by atoms with E-state index in [4.69, 9.17) is 11.6 Å². The first kappa shape index (κ1) is 23.6. The smallest absolute Gasteiger partial charge is 0.342 e. The van der Waals surface area contributed by atoms with E-state index in [-0.39, 0.29) is 24.1 Å². The van der Waals surface area contributed by atoms with E-state index in [1.54, 1.807) is 60.7 Å². The van der Waals surface area contributed by atoms with E-state index in [9.17, 15) is 19.1 Å². The maximum Gasteiger partial charge on any atom is 0.342 e. The molecular weight excluding hydrogens is 483 g/mol. The second-order valence-corrected chi connectivity index (χ2v) is 9.02. The maximum absolute atomic E-state index is 13.9. The second-order valence-electron chi connectivity index (χ2n) is 8.58. The number of hydrogen-bond donors (Lipinski definition) is 3. The fraction of sp³-hybridized carbons (Fsp3) is 0.148. The molecule has 2 amide bonds. The van der Waals surface area contributed by atoms with Crippen molar-refractivity contribution in [2.45, 2.75) is 25.3 Å². The van der Waals surface area contributed by atoms with Crippen molar-refractivity contribution in [2.24, 2.45) is 0 Å². The normalized spacial score (nSPS) is 12.8. The van der Waals surface area contributed by atoms with Gasteiger partial charge < -0.3 is 15.7 Å². The number of anilines is 1. The number of aromatic nitrogens is 2. The highest BCUT2D eigenvalue weighted by molar-refractivity contribution is 6.30. The molecule has 1 fully saturated rings. The van der Waals surface area contributed by atoms with E-state index in [0.29, 0.717) is 38.8 Å². The monoisotopic (exact) mass is 504 g/mol. The summed E-state index contributed by atoms with van der Waals surface area (Å²) in [7, 11) is 0. The van der Waals surface area contributed by atoms with Gasteiger partial charge in [-0.15, -0.1) is 0 Å². The third-order valence-corrected chi connectivity index (χ3v) is 6.20. The lowest BCUT2D eigenvalue weighted by molar-refractivity contribution is 0.102.